The highest BCUT2D eigenvalue weighted by Gasteiger charge is 2.22. The Labute approximate surface area is 180 Å². The number of nitrogens with one attached hydrogen (secondary N) is 1. The molecule has 0 unspecified atom stereocenters. The van der Waals surface area contributed by atoms with E-state index in [9.17, 15) is 18.0 Å². The summed E-state index contributed by atoms with van der Waals surface area (Å²) in [6, 6.07) is 9.41. The van der Waals surface area contributed by atoms with Crippen molar-refractivity contribution in [1.82, 2.24) is 13.9 Å². The average Bonchev–Trinajstić information content (AvgIpc) is 3.17. The molecule has 164 valence electrons. The van der Waals surface area contributed by atoms with Gasteiger partial charge in [-0.25, -0.2) is 13.4 Å². The third-order valence-corrected chi connectivity index (χ3v) is 6.73. The van der Waals surface area contributed by atoms with Gasteiger partial charge in [-0.2, -0.15) is 4.31 Å². The van der Waals surface area contributed by atoms with Crippen LogP contribution in [0.15, 0.2) is 63.0 Å². The van der Waals surface area contributed by atoms with Crippen LogP contribution in [0.4, 0.5) is 5.69 Å². The summed E-state index contributed by atoms with van der Waals surface area (Å²) >= 11 is 0. The zero-order valence-corrected chi connectivity index (χ0v) is 18.3. The molecule has 0 aliphatic rings. The number of hydrogen-bond donors (Lipinski definition) is 1. The molecular formula is C21H24N4O5S. The van der Waals surface area contributed by atoms with E-state index in [0.29, 0.717) is 30.4 Å². The van der Waals surface area contributed by atoms with E-state index in [1.54, 1.807) is 51.3 Å². The minimum Gasteiger partial charge on any atom is -0.449 e. The smallest absolute Gasteiger partial charge is 0.251 e. The SMILES string of the molecule is CCN(CC)S(=O)(=O)c1ccc(=O)n(CC(=O)Nc2ccc(-c3coc(C)n3)cc2)c1. The Kier molecular flexibility index (Phi) is 6.71. The van der Waals surface area contributed by atoms with Crippen LogP contribution in [-0.4, -0.2) is 41.3 Å². The van der Waals surface area contributed by atoms with E-state index in [1.807, 2.05) is 0 Å². The molecule has 1 aromatic carbocycles. The van der Waals surface area contributed by atoms with E-state index in [2.05, 4.69) is 10.3 Å². The van der Waals surface area contributed by atoms with Crippen LogP contribution in [0.25, 0.3) is 11.3 Å². The van der Waals surface area contributed by atoms with Gasteiger partial charge in [-0.15, -0.1) is 0 Å². The monoisotopic (exact) mass is 444 g/mol. The maximum Gasteiger partial charge on any atom is 0.251 e. The Hall–Kier alpha value is -3.24. The fraction of sp³-hybridized carbons (Fsp3) is 0.286. The molecule has 9 nitrogen and oxygen atoms in total. The van der Waals surface area contributed by atoms with Gasteiger partial charge in [-0.1, -0.05) is 26.0 Å². The lowest BCUT2D eigenvalue weighted by molar-refractivity contribution is -0.116. The predicted octanol–water partition coefficient (Wildman–Crippen LogP) is 2.48. The first-order valence-corrected chi connectivity index (χ1v) is 11.2. The molecule has 31 heavy (non-hydrogen) atoms. The Morgan fingerprint density at radius 2 is 1.81 bits per heavy atom. The Balaban J connectivity index is 1.74. The number of carbonyl (C=O) groups excluding carboxylic acids is 1. The molecule has 3 aromatic rings. The number of aromatic nitrogens is 2. The third-order valence-electron chi connectivity index (χ3n) is 4.70. The van der Waals surface area contributed by atoms with Crippen LogP contribution in [0.5, 0.6) is 0 Å². The van der Waals surface area contributed by atoms with E-state index in [0.717, 1.165) is 16.2 Å². The highest BCUT2D eigenvalue weighted by Crippen LogP contribution is 2.21. The number of pyridine rings is 1. The van der Waals surface area contributed by atoms with Gasteiger partial charge in [0.15, 0.2) is 5.89 Å². The lowest BCUT2D eigenvalue weighted by atomic mass is 10.1. The van der Waals surface area contributed by atoms with Crippen molar-refractivity contribution < 1.29 is 17.6 Å². The Morgan fingerprint density at radius 3 is 2.39 bits per heavy atom. The molecular weight excluding hydrogens is 420 g/mol. The first kappa shape index (κ1) is 22.4. The number of sulfonamides is 1. The first-order chi connectivity index (χ1) is 14.7. The number of benzene rings is 1. The summed E-state index contributed by atoms with van der Waals surface area (Å²) < 4.78 is 32.9. The number of rotatable bonds is 8. The minimum atomic E-state index is -3.74. The van der Waals surface area contributed by atoms with Gasteiger partial charge in [0, 0.05) is 43.5 Å². The number of anilines is 1. The van der Waals surface area contributed by atoms with E-state index in [-0.39, 0.29) is 11.4 Å². The molecule has 0 spiro atoms. The normalized spacial score (nSPS) is 11.6. The largest absolute Gasteiger partial charge is 0.449 e. The summed E-state index contributed by atoms with van der Waals surface area (Å²) in [5.74, 6) is 0.104. The maximum atomic E-state index is 12.7. The van der Waals surface area contributed by atoms with Crippen LogP contribution in [-0.2, 0) is 21.4 Å². The van der Waals surface area contributed by atoms with Crippen molar-refractivity contribution in [3.8, 4) is 11.3 Å². The van der Waals surface area contributed by atoms with E-state index >= 15 is 0 Å². The number of carbonyl (C=O) groups is 1. The molecule has 0 fully saturated rings. The Bertz CT molecular complexity index is 1230. The van der Waals surface area contributed by atoms with Gasteiger partial charge in [0.1, 0.15) is 18.5 Å². The van der Waals surface area contributed by atoms with E-state index < -0.39 is 21.5 Å². The van der Waals surface area contributed by atoms with E-state index in [1.165, 1.54) is 16.6 Å². The van der Waals surface area contributed by atoms with Gasteiger partial charge in [-0.3, -0.25) is 9.59 Å². The van der Waals surface area contributed by atoms with Crippen LogP contribution in [0, 0.1) is 6.92 Å². The lowest BCUT2D eigenvalue weighted by Gasteiger charge is -2.19. The summed E-state index contributed by atoms with van der Waals surface area (Å²) in [5, 5.41) is 2.70. The van der Waals surface area contributed by atoms with Crippen LogP contribution in [0.3, 0.4) is 0 Å². The molecule has 10 heteroatoms. The molecule has 0 saturated carbocycles. The van der Waals surface area contributed by atoms with Crippen molar-refractivity contribution in [1.29, 1.82) is 0 Å². The zero-order chi connectivity index (χ0) is 22.6. The second-order valence-corrected chi connectivity index (χ2v) is 8.74. The summed E-state index contributed by atoms with van der Waals surface area (Å²) in [7, 11) is -3.74. The molecule has 0 atom stereocenters. The highest BCUT2D eigenvalue weighted by atomic mass is 32.2. The topological polar surface area (TPSA) is 115 Å². The number of oxazole rings is 1. The fourth-order valence-electron chi connectivity index (χ4n) is 3.07. The van der Waals surface area contributed by atoms with Gasteiger partial charge >= 0.3 is 0 Å². The van der Waals surface area contributed by atoms with Gasteiger partial charge in [0.2, 0.25) is 15.9 Å². The number of amides is 1. The maximum absolute atomic E-state index is 12.7. The summed E-state index contributed by atoms with van der Waals surface area (Å²) in [4.78, 5) is 28.8. The van der Waals surface area contributed by atoms with Crippen molar-refractivity contribution in [2.24, 2.45) is 0 Å². The van der Waals surface area contributed by atoms with Crippen molar-refractivity contribution in [3.63, 3.8) is 0 Å². The molecule has 2 aromatic heterocycles. The van der Waals surface area contributed by atoms with Crippen LogP contribution >= 0.6 is 0 Å². The van der Waals surface area contributed by atoms with Crippen LogP contribution in [0.2, 0.25) is 0 Å². The molecule has 0 bridgehead atoms. The fourth-order valence-corrected chi connectivity index (χ4v) is 4.55. The zero-order valence-electron chi connectivity index (χ0n) is 17.5. The average molecular weight is 445 g/mol. The van der Waals surface area contributed by atoms with Gasteiger partial charge in [0.25, 0.3) is 5.56 Å². The molecule has 0 saturated heterocycles. The summed E-state index contributed by atoms with van der Waals surface area (Å²) in [6.45, 7) is 5.52. The highest BCUT2D eigenvalue weighted by molar-refractivity contribution is 7.89. The predicted molar refractivity (Wildman–Crippen MR) is 116 cm³/mol. The minimum absolute atomic E-state index is 0.0316. The Morgan fingerprint density at radius 1 is 1.13 bits per heavy atom. The standard InChI is InChI=1S/C21H24N4O5S/c1-4-25(5-2)31(28,29)18-10-11-21(27)24(12-18)13-20(26)23-17-8-6-16(7-9-17)19-14-30-15(3)22-19/h6-12,14H,4-5,13H2,1-3H3,(H,23,26). The second kappa shape index (κ2) is 9.27. The second-order valence-electron chi connectivity index (χ2n) is 6.80. The molecule has 3 rings (SSSR count). The molecule has 0 radical (unpaired) electrons. The van der Waals surface area contributed by atoms with Crippen molar-refractivity contribution in [2.45, 2.75) is 32.2 Å². The van der Waals surface area contributed by atoms with Crippen LogP contribution in [0.1, 0.15) is 19.7 Å². The van der Waals surface area contributed by atoms with Gasteiger partial charge in [0.05, 0.1) is 4.90 Å². The third kappa shape index (κ3) is 5.09. The first-order valence-electron chi connectivity index (χ1n) is 9.77. The van der Waals surface area contributed by atoms with Gasteiger partial charge in [-0.05, 0) is 18.2 Å². The van der Waals surface area contributed by atoms with Crippen molar-refractivity contribution in [3.05, 3.63) is 65.1 Å². The van der Waals surface area contributed by atoms with Crippen molar-refractivity contribution >= 4 is 21.6 Å². The molecule has 1 amide bonds. The molecule has 0 aliphatic carbocycles. The molecule has 0 aliphatic heterocycles. The molecule has 1 N–H and O–H groups in total. The number of aryl methyl sites for hydroxylation is 1. The lowest BCUT2D eigenvalue weighted by Crippen LogP contribution is -2.33. The quantitative estimate of drug-likeness (QED) is 0.571. The number of hydrogen-bond acceptors (Lipinski definition) is 6. The van der Waals surface area contributed by atoms with Gasteiger partial charge < -0.3 is 14.3 Å². The summed E-state index contributed by atoms with van der Waals surface area (Å²) in [5.41, 5.74) is 1.59. The van der Waals surface area contributed by atoms with Crippen LogP contribution < -0.4 is 10.9 Å². The van der Waals surface area contributed by atoms with E-state index in [4.69, 9.17) is 4.42 Å². The summed E-state index contributed by atoms with van der Waals surface area (Å²) in [6.07, 6.45) is 2.75. The molecule has 2 heterocycles. The number of nitrogens with zero attached hydrogens (tertiary/aromatic N) is 3. The van der Waals surface area contributed by atoms with Crippen molar-refractivity contribution in [2.75, 3.05) is 18.4 Å².